The van der Waals surface area contributed by atoms with Crippen LogP contribution in [0.2, 0.25) is 0 Å². The van der Waals surface area contributed by atoms with Gasteiger partial charge in [-0.05, 0) is 49.5 Å². The quantitative estimate of drug-likeness (QED) is 0.649. The molecule has 4 heteroatoms. The van der Waals surface area contributed by atoms with Gasteiger partial charge in [0.1, 0.15) is 5.75 Å². The molecule has 3 N–H and O–H groups in total. The largest absolute Gasteiger partial charge is 0.493 e. The van der Waals surface area contributed by atoms with E-state index in [2.05, 4.69) is 23.1 Å². The van der Waals surface area contributed by atoms with E-state index in [1.165, 1.54) is 11.1 Å². The summed E-state index contributed by atoms with van der Waals surface area (Å²) in [6.07, 6.45) is 4.21. The molecule has 108 valence electrons. The number of nitrogens with zero attached hydrogens (tertiary/aromatic N) is 1. The van der Waals surface area contributed by atoms with Crippen LogP contribution in [-0.2, 0) is 12.8 Å². The van der Waals surface area contributed by atoms with E-state index in [9.17, 15) is 0 Å². The Kier molecular flexibility index (Phi) is 3.92. The van der Waals surface area contributed by atoms with Gasteiger partial charge in [-0.3, -0.25) is 5.41 Å². The molecule has 2 heterocycles. The molecule has 0 radical (unpaired) electrons. The lowest BCUT2D eigenvalue weighted by molar-refractivity contribution is 0.211. The number of amidine groups is 1. The number of nitrogens with one attached hydrogen (secondary N) is 1. The van der Waals surface area contributed by atoms with Gasteiger partial charge in [-0.2, -0.15) is 0 Å². The van der Waals surface area contributed by atoms with E-state index < -0.39 is 0 Å². The molecule has 0 spiro atoms. The van der Waals surface area contributed by atoms with Crippen LogP contribution in [0.15, 0.2) is 18.2 Å². The van der Waals surface area contributed by atoms with Crippen LogP contribution in [0.3, 0.4) is 0 Å². The third kappa shape index (κ3) is 2.96. The Morgan fingerprint density at radius 1 is 1.35 bits per heavy atom. The highest BCUT2D eigenvalue weighted by atomic mass is 16.5. The van der Waals surface area contributed by atoms with Crippen LogP contribution in [-0.4, -0.2) is 37.0 Å². The van der Waals surface area contributed by atoms with E-state index in [0.717, 1.165) is 57.7 Å². The smallest absolute Gasteiger partial charge is 0.122 e. The predicted molar refractivity (Wildman–Crippen MR) is 80.4 cm³/mol. The van der Waals surface area contributed by atoms with Gasteiger partial charge in [0.25, 0.3) is 0 Å². The Balaban J connectivity index is 1.49. The fourth-order valence-corrected chi connectivity index (χ4v) is 3.15. The van der Waals surface area contributed by atoms with Gasteiger partial charge in [0.05, 0.1) is 12.4 Å². The van der Waals surface area contributed by atoms with Gasteiger partial charge in [0.15, 0.2) is 0 Å². The highest BCUT2D eigenvalue weighted by Gasteiger charge is 2.21. The summed E-state index contributed by atoms with van der Waals surface area (Å²) in [6.45, 7) is 4.07. The van der Waals surface area contributed by atoms with Gasteiger partial charge < -0.3 is 15.4 Å². The van der Waals surface area contributed by atoms with Crippen molar-refractivity contribution in [3.63, 3.8) is 0 Å². The minimum Gasteiger partial charge on any atom is -0.493 e. The molecule has 0 aromatic heterocycles. The summed E-state index contributed by atoms with van der Waals surface area (Å²) < 4.78 is 5.54. The summed E-state index contributed by atoms with van der Waals surface area (Å²) in [4.78, 5) is 2.49. The number of piperidine rings is 1. The zero-order valence-corrected chi connectivity index (χ0v) is 11.9. The van der Waals surface area contributed by atoms with Gasteiger partial charge in [0, 0.05) is 18.9 Å². The maximum absolute atomic E-state index is 7.51. The fraction of sp³-hybridized carbons (Fsp3) is 0.562. The van der Waals surface area contributed by atoms with Crippen molar-refractivity contribution in [2.24, 2.45) is 11.7 Å². The molecule has 1 fully saturated rings. The number of ether oxygens (including phenoxy) is 1. The first-order chi connectivity index (χ1) is 9.72. The molecule has 4 nitrogen and oxygen atoms in total. The Bertz CT molecular complexity index is 492. The van der Waals surface area contributed by atoms with Crippen molar-refractivity contribution >= 4 is 5.84 Å². The minimum absolute atomic E-state index is 0.309. The first-order valence-electron chi connectivity index (χ1n) is 7.53. The molecule has 0 bridgehead atoms. The van der Waals surface area contributed by atoms with Crippen molar-refractivity contribution in [1.29, 1.82) is 5.41 Å². The SMILES string of the molecule is N=C(N)C1CCN(CCc2ccc3c(c2)CCO3)CC1. The van der Waals surface area contributed by atoms with Crippen LogP contribution in [0, 0.1) is 11.3 Å². The van der Waals surface area contributed by atoms with Crippen LogP contribution in [0.1, 0.15) is 24.0 Å². The third-order valence-corrected chi connectivity index (χ3v) is 4.50. The lowest BCUT2D eigenvalue weighted by Gasteiger charge is -2.31. The number of hydrogen-bond acceptors (Lipinski definition) is 3. The molecule has 3 rings (SSSR count). The second kappa shape index (κ2) is 5.83. The molecule has 0 atom stereocenters. The molecule has 2 aliphatic heterocycles. The highest BCUT2D eigenvalue weighted by Crippen LogP contribution is 2.26. The zero-order valence-electron chi connectivity index (χ0n) is 11.9. The number of fused-ring (bicyclic) bond motifs is 1. The van der Waals surface area contributed by atoms with Gasteiger partial charge in [0.2, 0.25) is 0 Å². The Morgan fingerprint density at radius 3 is 2.90 bits per heavy atom. The Morgan fingerprint density at radius 2 is 2.15 bits per heavy atom. The van der Waals surface area contributed by atoms with Crippen LogP contribution >= 0.6 is 0 Å². The van der Waals surface area contributed by atoms with E-state index in [-0.39, 0.29) is 0 Å². The van der Waals surface area contributed by atoms with Crippen molar-refractivity contribution in [2.75, 3.05) is 26.2 Å². The molecule has 0 saturated carbocycles. The second-order valence-corrected chi connectivity index (χ2v) is 5.86. The van der Waals surface area contributed by atoms with Crippen molar-refractivity contribution in [3.8, 4) is 5.75 Å². The minimum atomic E-state index is 0.309. The molecule has 1 saturated heterocycles. The molecule has 20 heavy (non-hydrogen) atoms. The molecule has 1 aromatic carbocycles. The van der Waals surface area contributed by atoms with Gasteiger partial charge in [-0.25, -0.2) is 0 Å². The molecule has 0 unspecified atom stereocenters. The number of benzene rings is 1. The summed E-state index contributed by atoms with van der Waals surface area (Å²) in [5.41, 5.74) is 8.35. The van der Waals surface area contributed by atoms with E-state index in [4.69, 9.17) is 15.9 Å². The molecule has 0 amide bonds. The summed E-state index contributed by atoms with van der Waals surface area (Å²) >= 11 is 0. The van der Waals surface area contributed by atoms with E-state index >= 15 is 0 Å². The first-order valence-corrected chi connectivity index (χ1v) is 7.53. The molecule has 0 aliphatic carbocycles. The highest BCUT2D eigenvalue weighted by molar-refractivity contribution is 5.79. The molecular formula is C16H23N3O. The van der Waals surface area contributed by atoms with Crippen LogP contribution < -0.4 is 10.5 Å². The topological polar surface area (TPSA) is 62.3 Å². The van der Waals surface area contributed by atoms with Crippen LogP contribution in [0.5, 0.6) is 5.75 Å². The lowest BCUT2D eigenvalue weighted by Crippen LogP contribution is -2.39. The second-order valence-electron chi connectivity index (χ2n) is 5.86. The van der Waals surface area contributed by atoms with Crippen molar-refractivity contribution < 1.29 is 4.74 Å². The van der Waals surface area contributed by atoms with Crippen molar-refractivity contribution in [2.45, 2.75) is 25.7 Å². The summed E-state index contributed by atoms with van der Waals surface area (Å²) in [7, 11) is 0. The fourth-order valence-electron chi connectivity index (χ4n) is 3.15. The maximum Gasteiger partial charge on any atom is 0.122 e. The zero-order chi connectivity index (χ0) is 13.9. The monoisotopic (exact) mass is 273 g/mol. The number of hydrogen-bond donors (Lipinski definition) is 2. The Hall–Kier alpha value is -1.55. The number of likely N-dealkylation sites (tertiary alicyclic amines) is 1. The first kappa shape index (κ1) is 13.4. The summed E-state index contributed by atoms with van der Waals surface area (Å²) in [6, 6.07) is 6.59. The molecule has 1 aromatic rings. The number of nitrogens with two attached hydrogens (primary N) is 1. The van der Waals surface area contributed by atoms with Gasteiger partial charge in [-0.15, -0.1) is 0 Å². The number of rotatable bonds is 4. The predicted octanol–water partition coefficient (Wildman–Crippen LogP) is 1.81. The van der Waals surface area contributed by atoms with Gasteiger partial charge >= 0.3 is 0 Å². The molecular weight excluding hydrogens is 250 g/mol. The van der Waals surface area contributed by atoms with E-state index in [0.29, 0.717) is 11.8 Å². The standard InChI is InChI=1S/C16H23N3O/c17-16(18)13-4-8-19(9-5-13)7-3-12-1-2-15-14(11-12)6-10-20-15/h1-2,11,13H,3-10H2,(H3,17,18). The average Bonchev–Trinajstić information content (AvgIpc) is 2.93. The molecule has 2 aliphatic rings. The van der Waals surface area contributed by atoms with Crippen LogP contribution in [0.4, 0.5) is 0 Å². The van der Waals surface area contributed by atoms with Crippen LogP contribution in [0.25, 0.3) is 0 Å². The Labute approximate surface area is 120 Å². The summed E-state index contributed by atoms with van der Waals surface area (Å²) in [5, 5.41) is 7.51. The summed E-state index contributed by atoms with van der Waals surface area (Å²) in [5.74, 6) is 1.74. The van der Waals surface area contributed by atoms with Gasteiger partial charge in [-0.1, -0.05) is 12.1 Å². The average molecular weight is 273 g/mol. The normalized spacial score (nSPS) is 19.6. The maximum atomic E-state index is 7.51. The van der Waals surface area contributed by atoms with Crippen molar-refractivity contribution in [1.82, 2.24) is 4.90 Å². The van der Waals surface area contributed by atoms with E-state index in [1.807, 2.05) is 0 Å². The lowest BCUT2D eigenvalue weighted by atomic mass is 9.95. The van der Waals surface area contributed by atoms with Crippen molar-refractivity contribution in [3.05, 3.63) is 29.3 Å². The third-order valence-electron chi connectivity index (χ3n) is 4.50. The van der Waals surface area contributed by atoms with E-state index in [1.54, 1.807) is 0 Å².